The Morgan fingerprint density at radius 2 is 2.00 bits per heavy atom. The van der Waals surface area contributed by atoms with Crippen molar-refractivity contribution in [3.05, 3.63) is 5.21 Å². The first-order chi connectivity index (χ1) is 6.90. The van der Waals surface area contributed by atoms with Crippen molar-refractivity contribution >= 4 is 0 Å². The van der Waals surface area contributed by atoms with Crippen LogP contribution in [0.1, 0.15) is 34.1 Å². The molecule has 6 nitrogen and oxygen atoms in total. The standard InChI is InChI=1S/C9H22N4O2/c1-5-7-12(13(15)11-14)8-6-10-9(2,3)4/h10,14H,5-8H2,1-4H3/b13-11-. The maximum Gasteiger partial charge on any atom is 0.230 e. The number of nitrogens with zero attached hydrogens (tertiary/aromatic N) is 3. The van der Waals surface area contributed by atoms with Crippen LogP contribution in [0.15, 0.2) is 5.28 Å². The maximum absolute atomic E-state index is 11.1. The van der Waals surface area contributed by atoms with Gasteiger partial charge in [0.2, 0.25) is 5.28 Å². The Morgan fingerprint density at radius 3 is 2.40 bits per heavy atom. The van der Waals surface area contributed by atoms with Crippen molar-refractivity contribution in [3.63, 3.8) is 0 Å². The summed E-state index contributed by atoms with van der Waals surface area (Å²) in [6.07, 6.45) is 0.837. The molecule has 2 N–H and O–H groups in total. The van der Waals surface area contributed by atoms with E-state index in [9.17, 15) is 5.21 Å². The summed E-state index contributed by atoms with van der Waals surface area (Å²) in [6.45, 7) is 9.93. The van der Waals surface area contributed by atoms with Crippen molar-refractivity contribution in [1.82, 2.24) is 10.3 Å². The third kappa shape index (κ3) is 6.96. The lowest BCUT2D eigenvalue weighted by molar-refractivity contribution is -0.709. The lowest BCUT2D eigenvalue weighted by Gasteiger charge is -2.23. The highest BCUT2D eigenvalue weighted by Crippen LogP contribution is 1.98. The molecule has 0 aromatic rings. The summed E-state index contributed by atoms with van der Waals surface area (Å²) in [4.78, 5) is 0.230. The van der Waals surface area contributed by atoms with E-state index in [1.807, 2.05) is 6.92 Å². The van der Waals surface area contributed by atoms with E-state index < -0.39 is 0 Å². The molecule has 0 fully saturated rings. The van der Waals surface area contributed by atoms with Crippen LogP contribution in [0.5, 0.6) is 0 Å². The van der Waals surface area contributed by atoms with E-state index in [2.05, 4.69) is 31.4 Å². The zero-order valence-electron chi connectivity index (χ0n) is 10.0. The maximum atomic E-state index is 11.1. The lowest BCUT2D eigenvalue weighted by Crippen LogP contribution is -2.43. The summed E-state index contributed by atoms with van der Waals surface area (Å²) in [5.74, 6) is 0. The lowest BCUT2D eigenvalue weighted by atomic mass is 10.1. The molecule has 0 bridgehead atoms. The zero-order valence-corrected chi connectivity index (χ0v) is 10.0. The van der Waals surface area contributed by atoms with Crippen molar-refractivity contribution in [2.75, 3.05) is 19.6 Å². The first kappa shape index (κ1) is 14.0. The molecule has 0 unspecified atom stereocenters. The summed E-state index contributed by atoms with van der Waals surface area (Å²) < 4.78 is 0. The average molecular weight is 218 g/mol. The largest absolute Gasteiger partial charge is 0.569 e. The van der Waals surface area contributed by atoms with E-state index in [1.54, 1.807) is 0 Å². The average Bonchev–Trinajstić information content (AvgIpc) is 2.13. The Kier molecular flexibility index (Phi) is 6.00. The molecule has 90 valence electrons. The van der Waals surface area contributed by atoms with Gasteiger partial charge in [-0.2, -0.15) is 0 Å². The minimum Gasteiger partial charge on any atom is -0.569 e. The second-order valence-corrected chi connectivity index (χ2v) is 4.47. The van der Waals surface area contributed by atoms with Gasteiger partial charge in [-0.3, -0.25) is 0 Å². The van der Waals surface area contributed by atoms with Crippen LogP contribution in [0.2, 0.25) is 0 Å². The predicted molar refractivity (Wildman–Crippen MR) is 57.5 cm³/mol. The zero-order chi connectivity index (χ0) is 11.9. The van der Waals surface area contributed by atoms with E-state index in [0.29, 0.717) is 19.6 Å². The van der Waals surface area contributed by atoms with Crippen LogP contribution >= 0.6 is 0 Å². The van der Waals surface area contributed by atoms with Crippen molar-refractivity contribution in [1.29, 1.82) is 0 Å². The van der Waals surface area contributed by atoms with Crippen molar-refractivity contribution < 1.29 is 10.2 Å². The van der Waals surface area contributed by atoms with Gasteiger partial charge in [0.15, 0.2) is 0 Å². The van der Waals surface area contributed by atoms with Crippen LogP contribution < -0.4 is 5.32 Å². The van der Waals surface area contributed by atoms with Crippen LogP contribution in [-0.2, 0) is 0 Å². The van der Waals surface area contributed by atoms with Crippen LogP contribution in [-0.4, -0.2) is 40.4 Å². The molecule has 0 heterocycles. The van der Waals surface area contributed by atoms with E-state index in [1.165, 1.54) is 5.01 Å². The molecule has 0 rings (SSSR count). The number of hydrogen-bond acceptors (Lipinski definition) is 3. The smallest absolute Gasteiger partial charge is 0.230 e. The molecule has 0 saturated heterocycles. The topological polar surface area (TPSA) is 73.9 Å². The Labute approximate surface area is 91.1 Å². The summed E-state index contributed by atoms with van der Waals surface area (Å²) in [5, 5.41) is 26.7. The van der Waals surface area contributed by atoms with Gasteiger partial charge in [-0.15, -0.1) is 5.01 Å². The summed E-state index contributed by atoms with van der Waals surface area (Å²) in [5.41, 5.74) is 0.0297. The van der Waals surface area contributed by atoms with Gasteiger partial charge >= 0.3 is 0 Å². The van der Waals surface area contributed by atoms with Gasteiger partial charge < -0.3 is 15.7 Å². The van der Waals surface area contributed by atoms with Gasteiger partial charge in [-0.1, -0.05) is 6.92 Å². The first-order valence-electron chi connectivity index (χ1n) is 5.23. The van der Waals surface area contributed by atoms with Gasteiger partial charge in [0.25, 0.3) is 0 Å². The number of rotatable bonds is 6. The number of nitrogens with one attached hydrogen (secondary N) is 1. The summed E-state index contributed by atoms with van der Waals surface area (Å²) in [6, 6.07) is 0. The molecule has 0 aromatic heterocycles. The predicted octanol–water partition coefficient (Wildman–Crippen LogP) is 1.35. The quantitative estimate of drug-likeness (QED) is 0.401. The van der Waals surface area contributed by atoms with E-state index in [-0.39, 0.29) is 10.5 Å². The molecule has 0 aliphatic heterocycles. The first-order valence-corrected chi connectivity index (χ1v) is 5.23. The summed E-state index contributed by atoms with van der Waals surface area (Å²) in [7, 11) is 0. The van der Waals surface area contributed by atoms with Gasteiger partial charge in [0, 0.05) is 12.1 Å². The highest BCUT2D eigenvalue weighted by atomic mass is 16.6. The molecule has 0 saturated carbocycles. The fourth-order valence-corrected chi connectivity index (χ4v) is 1.16. The normalized spacial score (nSPS) is 12.9. The highest BCUT2D eigenvalue weighted by molar-refractivity contribution is 4.70. The van der Waals surface area contributed by atoms with Crippen LogP contribution in [0.25, 0.3) is 0 Å². The van der Waals surface area contributed by atoms with Crippen LogP contribution in [0.3, 0.4) is 0 Å². The fourth-order valence-electron chi connectivity index (χ4n) is 1.16. The van der Waals surface area contributed by atoms with Crippen molar-refractivity contribution in [2.45, 2.75) is 39.7 Å². The second-order valence-electron chi connectivity index (χ2n) is 4.47. The minimum atomic E-state index is 0.0297. The second kappa shape index (κ2) is 6.44. The SMILES string of the molecule is CCCN(CCNC(C)(C)C)/[N+]([O-])=N/O. The molecular weight excluding hydrogens is 196 g/mol. The molecule has 6 heteroatoms. The van der Waals surface area contributed by atoms with Gasteiger partial charge in [0.1, 0.15) is 0 Å². The van der Waals surface area contributed by atoms with Gasteiger partial charge in [0.05, 0.1) is 18.1 Å². The van der Waals surface area contributed by atoms with Gasteiger partial charge in [-0.25, -0.2) is 0 Å². The Balaban J connectivity index is 3.97. The molecule has 0 aliphatic rings. The van der Waals surface area contributed by atoms with E-state index >= 15 is 0 Å². The third-order valence-corrected chi connectivity index (χ3v) is 1.83. The molecular formula is C9H22N4O2. The molecule has 0 aromatic carbocycles. The number of hydrogen-bond donors (Lipinski definition) is 2. The van der Waals surface area contributed by atoms with Crippen LogP contribution in [0.4, 0.5) is 0 Å². The Morgan fingerprint density at radius 1 is 1.40 bits per heavy atom. The van der Waals surface area contributed by atoms with E-state index in [4.69, 9.17) is 5.21 Å². The number of hydrazine groups is 1. The third-order valence-electron chi connectivity index (χ3n) is 1.83. The molecule has 0 aliphatic carbocycles. The monoisotopic (exact) mass is 218 g/mol. The van der Waals surface area contributed by atoms with Crippen molar-refractivity contribution in [3.8, 4) is 0 Å². The van der Waals surface area contributed by atoms with Crippen molar-refractivity contribution in [2.24, 2.45) is 5.28 Å². The fraction of sp³-hybridized carbons (Fsp3) is 1.00. The Bertz CT molecular complexity index is 201. The summed E-state index contributed by atoms with van der Waals surface area (Å²) >= 11 is 0. The Hall–Kier alpha value is -1.04. The van der Waals surface area contributed by atoms with E-state index in [0.717, 1.165) is 6.42 Å². The highest BCUT2D eigenvalue weighted by Gasteiger charge is 2.13. The molecule has 0 radical (unpaired) electrons. The molecule has 0 spiro atoms. The molecule has 0 amide bonds. The van der Waals surface area contributed by atoms with Gasteiger partial charge in [-0.05, 0) is 27.2 Å². The molecule has 15 heavy (non-hydrogen) atoms. The minimum absolute atomic E-state index is 0.0297. The van der Waals surface area contributed by atoms with Crippen LogP contribution in [0, 0.1) is 5.21 Å². The molecule has 0 atom stereocenters.